The summed E-state index contributed by atoms with van der Waals surface area (Å²) >= 11 is 0. The van der Waals surface area contributed by atoms with Crippen LogP contribution in [0.2, 0.25) is 0 Å². The summed E-state index contributed by atoms with van der Waals surface area (Å²) in [6, 6.07) is 9.68. The zero-order valence-electron chi connectivity index (χ0n) is 18.2. The Morgan fingerprint density at radius 1 is 1.06 bits per heavy atom. The Morgan fingerprint density at radius 2 is 1.78 bits per heavy atom. The molecule has 0 N–H and O–H groups in total. The van der Waals surface area contributed by atoms with Crippen molar-refractivity contribution in [3.63, 3.8) is 0 Å². The second-order valence-electron chi connectivity index (χ2n) is 7.70. The first-order valence-electron chi connectivity index (χ1n) is 9.85. The highest BCUT2D eigenvalue weighted by Gasteiger charge is 2.22. The summed E-state index contributed by atoms with van der Waals surface area (Å²) in [5.41, 5.74) is 2.35. The lowest BCUT2D eigenvalue weighted by molar-refractivity contribution is 0.0970. The van der Waals surface area contributed by atoms with E-state index in [0.717, 1.165) is 26.3 Å². The molecule has 0 spiro atoms. The quantitative estimate of drug-likeness (QED) is 0.526. The van der Waals surface area contributed by atoms with Crippen LogP contribution >= 0.6 is 0 Å². The molecule has 32 heavy (non-hydrogen) atoms. The highest BCUT2D eigenvalue weighted by Crippen LogP contribution is 2.35. The zero-order chi connectivity index (χ0) is 23.2. The summed E-state index contributed by atoms with van der Waals surface area (Å²) in [5.74, 6) is 0.999. The lowest BCUT2D eigenvalue weighted by atomic mass is 10.1. The van der Waals surface area contributed by atoms with Crippen molar-refractivity contribution >= 4 is 15.8 Å². The third kappa shape index (κ3) is 3.71. The number of benzene rings is 1. The minimum absolute atomic E-state index is 0.0549. The third-order valence-electron chi connectivity index (χ3n) is 5.39. The van der Waals surface area contributed by atoms with Gasteiger partial charge in [0, 0.05) is 55.1 Å². The number of hydrogen-bond donors (Lipinski definition) is 0. The lowest BCUT2D eigenvalue weighted by Gasteiger charge is -2.13. The Hall–Kier alpha value is -3.37. The molecule has 1 aromatic carbocycles. The molecule has 10 heteroatoms. The SMILES string of the molecule is Cc1cc(C(=O)Cn2cc(S(=O)(=O)N(C)C)ccc2=O)c(C)n1-c1ccc2c(c1)OCO2. The van der Waals surface area contributed by atoms with Gasteiger partial charge < -0.3 is 18.6 Å². The van der Waals surface area contributed by atoms with Crippen LogP contribution in [-0.4, -0.2) is 48.5 Å². The summed E-state index contributed by atoms with van der Waals surface area (Å²) in [6.45, 7) is 3.59. The molecule has 9 nitrogen and oxygen atoms in total. The van der Waals surface area contributed by atoms with Gasteiger partial charge in [-0.3, -0.25) is 9.59 Å². The van der Waals surface area contributed by atoms with Gasteiger partial charge in [0.2, 0.25) is 16.8 Å². The maximum absolute atomic E-state index is 13.1. The Morgan fingerprint density at radius 3 is 2.50 bits per heavy atom. The van der Waals surface area contributed by atoms with Gasteiger partial charge in [-0.1, -0.05) is 0 Å². The number of ether oxygens (including phenoxy) is 2. The Kier molecular flexibility index (Phi) is 5.43. The Labute approximate surface area is 185 Å². The van der Waals surface area contributed by atoms with Crippen LogP contribution in [0.3, 0.4) is 0 Å². The van der Waals surface area contributed by atoms with Crippen LogP contribution in [-0.2, 0) is 16.6 Å². The topological polar surface area (TPSA) is 99.8 Å². The summed E-state index contributed by atoms with van der Waals surface area (Å²) < 4.78 is 39.7. The number of sulfonamides is 1. The van der Waals surface area contributed by atoms with Gasteiger partial charge >= 0.3 is 0 Å². The molecule has 0 saturated heterocycles. The molecule has 4 rings (SSSR count). The molecule has 1 aliphatic heterocycles. The molecule has 168 valence electrons. The lowest BCUT2D eigenvalue weighted by Crippen LogP contribution is -2.27. The summed E-state index contributed by atoms with van der Waals surface area (Å²) in [6.07, 6.45) is 1.20. The van der Waals surface area contributed by atoms with E-state index in [1.807, 2.05) is 36.6 Å². The van der Waals surface area contributed by atoms with Crippen LogP contribution in [0, 0.1) is 13.8 Å². The first kappa shape index (κ1) is 21.8. The van der Waals surface area contributed by atoms with Gasteiger partial charge in [0.05, 0.1) is 11.4 Å². The van der Waals surface area contributed by atoms with Crippen molar-refractivity contribution < 1.29 is 22.7 Å². The number of aromatic nitrogens is 2. The molecule has 0 saturated carbocycles. The molecular weight excluding hydrogens is 434 g/mol. The van der Waals surface area contributed by atoms with Gasteiger partial charge in [-0.2, -0.15) is 0 Å². The van der Waals surface area contributed by atoms with Crippen LogP contribution in [0.15, 0.2) is 52.3 Å². The van der Waals surface area contributed by atoms with Crippen molar-refractivity contribution in [3.05, 3.63) is 69.9 Å². The van der Waals surface area contributed by atoms with E-state index in [2.05, 4.69) is 0 Å². The van der Waals surface area contributed by atoms with Crippen molar-refractivity contribution in [2.45, 2.75) is 25.3 Å². The minimum atomic E-state index is -3.73. The molecule has 0 amide bonds. The molecule has 0 fully saturated rings. The highest BCUT2D eigenvalue weighted by atomic mass is 32.2. The van der Waals surface area contributed by atoms with Crippen LogP contribution in [0.1, 0.15) is 21.7 Å². The van der Waals surface area contributed by atoms with Gasteiger partial charge in [0.15, 0.2) is 17.3 Å². The number of Topliss-reactive ketones (excluding diaryl/α,β-unsaturated/α-hetero) is 1. The van der Waals surface area contributed by atoms with Gasteiger partial charge in [-0.15, -0.1) is 0 Å². The second-order valence-corrected chi connectivity index (χ2v) is 9.85. The summed E-state index contributed by atoms with van der Waals surface area (Å²) in [5, 5.41) is 0. The van der Waals surface area contributed by atoms with Gasteiger partial charge in [-0.25, -0.2) is 12.7 Å². The molecule has 1 aliphatic rings. The maximum Gasteiger partial charge on any atom is 0.251 e. The standard InChI is InChI=1S/C22H23N3O6S/c1-14-9-18(15(2)25(14)16-5-7-20-21(10-16)31-13-30-20)19(26)12-24-11-17(6-8-22(24)27)32(28,29)23(3)4/h5-11H,12-13H2,1-4H3. The smallest absolute Gasteiger partial charge is 0.251 e. The minimum Gasteiger partial charge on any atom is -0.454 e. The average Bonchev–Trinajstić information content (AvgIpc) is 3.32. The number of carbonyl (C=O) groups is 1. The number of rotatable bonds is 6. The van der Waals surface area contributed by atoms with Crippen molar-refractivity contribution in [1.29, 1.82) is 0 Å². The fourth-order valence-corrected chi connectivity index (χ4v) is 4.63. The summed E-state index contributed by atoms with van der Waals surface area (Å²) in [7, 11) is -0.925. The van der Waals surface area contributed by atoms with Gasteiger partial charge in [-0.05, 0) is 38.1 Å². The predicted molar refractivity (Wildman–Crippen MR) is 117 cm³/mol. The number of pyridine rings is 1. The van der Waals surface area contributed by atoms with Crippen molar-refractivity contribution in [2.24, 2.45) is 0 Å². The molecule has 0 bridgehead atoms. The molecule has 2 aromatic heterocycles. The molecular formula is C22H23N3O6S. The van der Waals surface area contributed by atoms with E-state index in [-0.39, 0.29) is 24.0 Å². The number of carbonyl (C=O) groups excluding carboxylic acids is 1. The number of fused-ring (bicyclic) bond motifs is 1. The molecule has 0 radical (unpaired) electrons. The van der Waals surface area contributed by atoms with E-state index in [0.29, 0.717) is 22.8 Å². The molecule has 3 aromatic rings. The van der Waals surface area contributed by atoms with Crippen LogP contribution in [0.5, 0.6) is 11.5 Å². The van der Waals surface area contributed by atoms with Crippen molar-refractivity contribution in [1.82, 2.24) is 13.4 Å². The van der Waals surface area contributed by atoms with Crippen molar-refractivity contribution in [3.8, 4) is 17.2 Å². The fourth-order valence-electron chi connectivity index (χ4n) is 3.70. The van der Waals surface area contributed by atoms with E-state index < -0.39 is 15.6 Å². The highest BCUT2D eigenvalue weighted by molar-refractivity contribution is 7.89. The van der Waals surface area contributed by atoms with E-state index in [1.54, 1.807) is 6.07 Å². The van der Waals surface area contributed by atoms with Crippen molar-refractivity contribution in [2.75, 3.05) is 20.9 Å². The first-order chi connectivity index (χ1) is 15.1. The van der Waals surface area contributed by atoms with E-state index in [4.69, 9.17) is 9.47 Å². The van der Waals surface area contributed by atoms with Crippen LogP contribution in [0.25, 0.3) is 5.69 Å². The number of hydrogen-bond acceptors (Lipinski definition) is 6. The van der Waals surface area contributed by atoms with E-state index in [9.17, 15) is 18.0 Å². The third-order valence-corrected chi connectivity index (χ3v) is 7.19. The number of nitrogens with zero attached hydrogens (tertiary/aromatic N) is 3. The predicted octanol–water partition coefficient (Wildman–Crippen LogP) is 2.12. The Bertz CT molecular complexity index is 1390. The number of aryl methyl sites for hydroxylation is 1. The Balaban J connectivity index is 1.67. The van der Waals surface area contributed by atoms with Crippen LogP contribution < -0.4 is 15.0 Å². The molecule has 0 atom stereocenters. The van der Waals surface area contributed by atoms with E-state index >= 15 is 0 Å². The molecule has 0 aliphatic carbocycles. The zero-order valence-corrected chi connectivity index (χ0v) is 19.0. The van der Waals surface area contributed by atoms with Crippen LogP contribution in [0.4, 0.5) is 0 Å². The maximum atomic E-state index is 13.1. The number of ketones is 1. The second kappa shape index (κ2) is 7.95. The normalized spacial score (nSPS) is 13.0. The average molecular weight is 458 g/mol. The van der Waals surface area contributed by atoms with Gasteiger partial charge in [0.25, 0.3) is 5.56 Å². The van der Waals surface area contributed by atoms with Gasteiger partial charge in [0.1, 0.15) is 0 Å². The van der Waals surface area contributed by atoms with E-state index in [1.165, 1.54) is 26.4 Å². The summed E-state index contributed by atoms with van der Waals surface area (Å²) in [4.78, 5) is 25.3. The first-order valence-corrected chi connectivity index (χ1v) is 11.3. The fraction of sp³-hybridized carbons (Fsp3) is 0.273. The monoisotopic (exact) mass is 457 g/mol. The molecule has 3 heterocycles. The largest absolute Gasteiger partial charge is 0.454 e. The molecule has 0 unspecified atom stereocenters.